The highest BCUT2D eigenvalue weighted by Crippen LogP contribution is 2.35. The summed E-state index contributed by atoms with van der Waals surface area (Å²) in [5, 5.41) is 5.58. The summed E-state index contributed by atoms with van der Waals surface area (Å²) in [6.07, 6.45) is -7.26. The maximum atomic E-state index is 13.0. The van der Waals surface area contributed by atoms with E-state index in [1.807, 2.05) is 0 Å². The fraction of sp³-hybridized carbons (Fsp3) is 0.455. The van der Waals surface area contributed by atoms with Crippen LogP contribution in [0.15, 0.2) is 36.4 Å². The van der Waals surface area contributed by atoms with Gasteiger partial charge in [-0.3, -0.25) is 9.10 Å². The number of nitrogens with one attached hydrogen (secondary N) is 2. The highest BCUT2D eigenvalue weighted by Gasteiger charge is 2.39. The molecule has 1 fully saturated rings. The fourth-order valence-corrected chi connectivity index (χ4v) is 4.31. The number of carbonyl (C=O) groups is 1. The molecule has 7 nitrogen and oxygen atoms in total. The number of halogens is 6. The maximum Gasteiger partial charge on any atom is 0.433 e. The molecule has 14 heteroatoms. The van der Waals surface area contributed by atoms with Gasteiger partial charge in [-0.05, 0) is 62.1 Å². The molecule has 1 aromatic carbocycles. The van der Waals surface area contributed by atoms with Gasteiger partial charge in [-0.2, -0.15) is 26.3 Å². The number of aromatic nitrogens is 1. The molecular weight excluding hydrogens is 514 g/mol. The van der Waals surface area contributed by atoms with Crippen LogP contribution in [0.2, 0.25) is 0 Å². The first-order chi connectivity index (χ1) is 16.5. The zero-order valence-corrected chi connectivity index (χ0v) is 20.1. The Labute approximate surface area is 203 Å². The third-order valence-electron chi connectivity index (χ3n) is 5.83. The van der Waals surface area contributed by atoms with Gasteiger partial charge in [0.25, 0.3) is 5.91 Å². The summed E-state index contributed by atoms with van der Waals surface area (Å²) >= 11 is 0. The summed E-state index contributed by atoms with van der Waals surface area (Å²) in [4.78, 5) is 15.2. The fourth-order valence-electron chi connectivity index (χ4n) is 3.81. The second-order valence-corrected chi connectivity index (χ2v) is 10.6. The second-order valence-electron chi connectivity index (χ2n) is 8.57. The summed E-state index contributed by atoms with van der Waals surface area (Å²) in [5.74, 6) is -0.376. The minimum Gasteiger partial charge on any atom is -0.382 e. The molecule has 0 saturated heterocycles. The molecule has 0 radical (unpaired) electrons. The Bertz CT molecular complexity index is 1160. The van der Waals surface area contributed by atoms with Crippen LogP contribution in [0, 0.1) is 0 Å². The predicted molar refractivity (Wildman–Crippen MR) is 121 cm³/mol. The topological polar surface area (TPSA) is 91.4 Å². The van der Waals surface area contributed by atoms with E-state index in [1.165, 1.54) is 31.3 Å². The summed E-state index contributed by atoms with van der Waals surface area (Å²) in [6.45, 7) is 0. The molecule has 1 aromatic heterocycles. The normalized spacial score (nSPS) is 19.0. The number of pyridine rings is 1. The molecule has 36 heavy (non-hydrogen) atoms. The lowest BCUT2D eigenvalue weighted by Gasteiger charge is -2.30. The first-order valence-electron chi connectivity index (χ1n) is 10.8. The van der Waals surface area contributed by atoms with Crippen molar-refractivity contribution in [2.45, 2.75) is 50.1 Å². The van der Waals surface area contributed by atoms with Crippen LogP contribution >= 0.6 is 0 Å². The number of amides is 1. The second kappa shape index (κ2) is 10.1. The lowest BCUT2D eigenvalue weighted by molar-refractivity contribution is -0.150. The lowest BCUT2D eigenvalue weighted by Crippen LogP contribution is -2.40. The van der Waals surface area contributed by atoms with Gasteiger partial charge in [-0.15, -0.1) is 0 Å². The number of anilines is 2. The SMILES string of the molecule is CN(c1ccc(C(=O)NC2CCC(Nc3cc(C(F)(F)F)nc(C(F)(F)F)c3)CC2)cc1)S(C)(=O)=O. The minimum absolute atomic E-state index is 0.233. The number of nitrogens with zero attached hydrogens (tertiary/aromatic N) is 2. The van der Waals surface area contributed by atoms with Crippen molar-refractivity contribution in [3.8, 4) is 0 Å². The van der Waals surface area contributed by atoms with Gasteiger partial charge < -0.3 is 10.6 Å². The van der Waals surface area contributed by atoms with Crippen molar-refractivity contribution in [3.05, 3.63) is 53.3 Å². The Kier molecular flexibility index (Phi) is 7.77. The quantitative estimate of drug-likeness (QED) is 0.522. The van der Waals surface area contributed by atoms with Crippen LogP contribution in [0.3, 0.4) is 0 Å². The predicted octanol–water partition coefficient (Wildman–Crippen LogP) is 4.67. The molecular formula is C22H24F6N4O3S. The molecule has 0 atom stereocenters. The monoisotopic (exact) mass is 538 g/mol. The first-order valence-corrected chi connectivity index (χ1v) is 12.7. The van der Waals surface area contributed by atoms with Crippen LogP contribution in [-0.2, 0) is 22.4 Å². The Morgan fingerprint density at radius 3 is 1.83 bits per heavy atom. The Morgan fingerprint density at radius 2 is 1.39 bits per heavy atom. The van der Waals surface area contributed by atoms with Crippen molar-refractivity contribution in [1.29, 1.82) is 0 Å². The average molecular weight is 539 g/mol. The molecule has 2 N–H and O–H groups in total. The van der Waals surface area contributed by atoms with E-state index in [0.29, 0.717) is 49.1 Å². The molecule has 1 aliphatic carbocycles. The van der Waals surface area contributed by atoms with E-state index in [1.54, 1.807) is 0 Å². The van der Waals surface area contributed by atoms with Crippen molar-refractivity contribution in [2.75, 3.05) is 22.9 Å². The van der Waals surface area contributed by atoms with Gasteiger partial charge in [-0.1, -0.05) is 0 Å². The van der Waals surface area contributed by atoms with E-state index in [0.717, 1.165) is 10.6 Å². The van der Waals surface area contributed by atoms with Gasteiger partial charge in [0.2, 0.25) is 10.0 Å². The molecule has 3 rings (SSSR count). The summed E-state index contributed by atoms with van der Waals surface area (Å²) < 4.78 is 102. The molecule has 1 saturated carbocycles. The summed E-state index contributed by atoms with van der Waals surface area (Å²) in [6, 6.07) is 6.45. The molecule has 1 amide bonds. The largest absolute Gasteiger partial charge is 0.433 e. The van der Waals surface area contributed by atoms with Crippen LogP contribution in [0.25, 0.3) is 0 Å². The highest BCUT2D eigenvalue weighted by atomic mass is 32.2. The van der Waals surface area contributed by atoms with Crippen LogP contribution in [0.5, 0.6) is 0 Å². The number of sulfonamides is 1. The van der Waals surface area contributed by atoms with Crippen molar-refractivity contribution in [1.82, 2.24) is 10.3 Å². The molecule has 0 aliphatic heterocycles. The number of hydrogen-bond donors (Lipinski definition) is 2. The maximum absolute atomic E-state index is 13.0. The number of benzene rings is 1. The standard InChI is InChI=1S/C22H24F6N4O3S/c1-32(36(2,34)35)17-9-3-13(4-10-17)20(33)30-15-7-5-14(6-8-15)29-16-11-18(21(23,24)25)31-19(12-16)22(26,27)28/h3-4,9-12,14-15H,5-8H2,1-2H3,(H,29,31)(H,30,33). The number of alkyl halides is 6. The summed E-state index contributed by atoms with van der Waals surface area (Å²) in [5.41, 5.74) is -2.88. The highest BCUT2D eigenvalue weighted by molar-refractivity contribution is 7.92. The first kappa shape index (κ1) is 27.6. The van der Waals surface area contributed by atoms with Gasteiger partial charge in [0, 0.05) is 30.4 Å². The molecule has 1 aliphatic rings. The van der Waals surface area contributed by atoms with Crippen molar-refractivity contribution >= 4 is 27.3 Å². The van der Waals surface area contributed by atoms with E-state index in [2.05, 4.69) is 15.6 Å². The lowest BCUT2D eigenvalue weighted by atomic mass is 9.90. The Hall–Kier alpha value is -3.03. The zero-order chi connectivity index (χ0) is 26.9. The van der Waals surface area contributed by atoms with Gasteiger partial charge in [0.05, 0.1) is 11.9 Å². The van der Waals surface area contributed by atoms with E-state index in [9.17, 15) is 39.6 Å². The molecule has 198 valence electrons. The number of carbonyl (C=O) groups excluding carboxylic acids is 1. The van der Waals surface area contributed by atoms with Gasteiger partial charge in [-0.25, -0.2) is 13.4 Å². The molecule has 2 aromatic rings. The van der Waals surface area contributed by atoms with Crippen molar-refractivity contribution in [2.24, 2.45) is 0 Å². The number of hydrogen-bond acceptors (Lipinski definition) is 5. The summed E-state index contributed by atoms with van der Waals surface area (Å²) in [7, 11) is -2.06. The van der Waals surface area contributed by atoms with Gasteiger partial charge in [0.15, 0.2) is 0 Å². The third-order valence-corrected chi connectivity index (χ3v) is 7.04. The minimum atomic E-state index is -5.03. The molecule has 1 heterocycles. The smallest absolute Gasteiger partial charge is 0.382 e. The van der Waals surface area contributed by atoms with Crippen LogP contribution < -0.4 is 14.9 Å². The van der Waals surface area contributed by atoms with E-state index >= 15 is 0 Å². The zero-order valence-electron chi connectivity index (χ0n) is 19.2. The average Bonchev–Trinajstić information content (AvgIpc) is 2.78. The Balaban J connectivity index is 1.59. The van der Waals surface area contributed by atoms with Crippen molar-refractivity contribution in [3.63, 3.8) is 0 Å². The number of rotatable bonds is 6. The molecule has 0 bridgehead atoms. The van der Waals surface area contributed by atoms with Crippen LogP contribution in [0.1, 0.15) is 47.4 Å². The van der Waals surface area contributed by atoms with Gasteiger partial charge >= 0.3 is 12.4 Å². The van der Waals surface area contributed by atoms with Crippen LogP contribution in [-0.4, -0.2) is 44.7 Å². The Morgan fingerprint density at radius 1 is 0.917 bits per heavy atom. The van der Waals surface area contributed by atoms with E-state index in [4.69, 9.17) is 0 Å². The van der Waals surface area contributed by atoms with E-state index < -0.39 is 33.8 Å². The van der Waals surface area contributed by atoms with Crippen molar-refractivity contribution < 1.29 is 39.6 Å². The van der Waals surface area contributed by atoms with E-state index in [-0.39, 0.29) is 23.7 Å². The van der Waals surface area contributed by atoms with Crippen LogP contribution in [0.4, 0.5) is 37.7 Å². The van der Waals surface area contributed by atoms with Gasteiger partial charge in [0.1, 0.15) is 11.4 Å². The molecule has 0 unspecified atom stereocenters. The third kappa shape index (κ3) is 7.02. The molecule has 0 spiro atoms.